The van der Waals surface area contributed by atoms with Crippen LogP contribution in [-0.4, -0.2) is 99.6 Å². The smallest absolute Gasteiger partial charge is 0.227 e. The van der Waals surface area contributed by atoms with Gasteiger partial charge in [0.1, 0.15) is 22.5 Å². The first-order valence-corrected chi connectivity index (χ1v) is 15.6. The number of morpholine rings is 1. The Morgan fingerprint density at radius 2 is 1.71 bits per heavy atom. The Labute approximate surface area is 251 Å². The number of aliphatic hydroxyl groups is 1. The molecule has 2 N–H and O–H groups in total. The van der Waals surface area contributed by atoms with Crippen LogP contribution in [0.25, 0.3) is 20.8 Å². The quantitative estimate of drug-likeness (QED) is 0.320. The number of thiazole rings is 1. The van der Waals surface area contributed by atoms with Crippen molar-refractivity contribution in [3.63, 3.8) is 0 Å². The molecule has 0 radical (unpaired) electrons. The van der Waals surface area contributed by atoms with Crippen molar-refractivity contribution in [3.8, 4) is 10.6 Å². The normalized spacial score (nSPS) is 19.5. The fourth-order valence-corrected chi connectivity index (χ4v) is 6.23. The van der Waals surface area contributed by atoms with Gasteiger partial charge in [-0.2, -0.15) is 4.98 Å². The monoisotopic (exact) mass is 591 g/mol. The van der Waals surface area contributed by atoms with Gasteiger partial charge in [0.05, 0.1) is 29.0 Å². The average molecular weight is 592 g/mol. The van der Waals surface area contributed by atoms with E-state index in [-0.39, 0.29) is 18.8 Å². The minimum absolute atomic E-state index is 0.172. The number of aromatic nitrogens is 5. The first kappa shape index (κ1) is 30.0. The number of aryl methyl sites for hydroxylation is 1. The minimum Gasteiger partial charge on any atom is -0.395 e. The van der Waals surface area contributed by atoms with E-state index >= 15 is 0 Å². The Bertz CT molecular complexity index is 1460. The number of hydrogen-bond donors (Lipinski definition) is 2. The molecule has 4 aromatic heterocycles. The summed E-state index contributed by atoms with van der Waals surface area (Å²) in [5.74, 6) is 3.05. The van der Waals surface area contributed by atoms with Crippen molar-refractivity contribution >= 4 is 45.0 Å². The van der Waals surface area contributed by atoms with Gasteiger partial charge in [-0.25, -0.2) is 19.9 Å². The SMILES string of the molecule is CC.Cc1cc(Nc2cc3nc(-c4ccnc(N5CC(C)OC(C)C5)c4)sc3cn2)nc(N2CCN(CCO)CC2)n1. The van der Waals surface area contributed by atoms with Gasteiger partial charge in [-0.3, -0.25) is 4.90 Å². The van der Waals surface area contributed by atoms with E-state index in [9.17, 15) is 5.11 Å². The van der Waals surface area contributed by atoms with Crippen molar-refractivity contribution in [2.75, 3.05) is 67.5 Å². The number of piperazine rings is 1. The predicted octanol–water partition coefficient (Wildman–Crippen LogP) is 4.35. The summed E-state index contributed by atoms with van der Waals surface area (Å²) in [4.78, 5) is 30.4. The average Bonchev–Trinajstić information content (AvgIpc) is 3.42. The Kier molecular flexibility index (Phi) is 9.78. The number of β-amino-alcohol motifs (C(OH)–C–C–N with tert-alkyl or cyclic N) is 1. The summed E-state index contributed by atoms with van der Waals surface area (Å²) < 4.78 is 6.91. The summed E-state index contributed by atoms with van der Waals surface area (Å²) >= 11 is 1.62. The van der Waals surface area contributed by atoms with Crippen molar-refractivity contribution in [2.45, 2.75) is 46.8 Å². The number of hydrogen-bond acceptors (Lipinski definition) is 12. The lowest BCUT2D eigenvalue weighted by Gasteiger charge is -2.36. The van der Waals surface area contributed by atoms with E-state index in [4.69, 9.17) is 14.7 Å². The molecule has 12 heteroatoms. The molecule has 0 spiro atoms. The number of nitrogens with zero attached hydrogens (tertiary/aromatic N) is 8. The third-order valence-corrected chi connectivity index (χ3v) is 8.24. The fraction of sp³-hybridized carbons (Fsp3) is 0.500. The van der Waals surface area contributed by atoms with E-state index < -0.39 is 0 Å². The number of ether oxygens (including phenoxy) is 1. The highest BCUT2D eigenvalue weighted by atomic mass is 32.1. The van der Waals surface area contributed by atoms with Crippen LogP contribution in [0.3, 0.4) is 0 Å². The topological polar surface area (TPSA) is 116 Å². The van der Waals surface area contributed by atoms with Gasteiger partial charge < -0.3 is 25.0 Å². The van der Waals surface area contributed by atoms with Crippen molar-refractivity contribution < 1.29 is 9.84 Å². The van der Waals surface area contributed by atoms with Gasteiger partial charge in [0.15, 0.2) is 0 Å². The molecular weight excluding hydrogens is 550 g/mol. The summed E-state index contributed by atoms with van der Waals surface area (Å²) in [6.45, 7) is 16.1. The van der Waals surface area contributed by atoms with Crippen LogP contribution in [-0.2, 0) is 4.74 Å². The molecule has 2 atom stereocenters. The molecule has 42 heavy (non-hydrogen) atoms. The molecular formula is C30H41N9O2S. The van der Waals surface area contributed by atoms with Crippen LogP contribution in [0.4, 0.5) is 23.4 Å². The Morgan fingerprint density at radius 1 is 0.952 bits per heavy atom. The van der Waals surface area contributed by atoms with E-state index in [1.54, 1.807) is 11.3 Å². The summed E-state index contributed by atoms with van der Waals surface area (Å²) in [5.41, 5.74) is 2.82. The standard InChI is InChI=1S/C28H35N9O2S.C2H6/c1-18-12-25(34-28(31-18)36-8-6-35(7-9-36)10-11-38)33-24-14-22-23(15-30-24)40-27(32-22)21-4-5-29-26(13-21)37-16-19(2)39-20(3)17-37;1-2/h4-5,12-15,19-20,38H,6-11,16-17H2,1-3H3,(H,30,31,33,34);1-2H3. The Hall–Kier alpha value is -3.45. The zero-order chi connectivity index (χ0) is 29.6. The first-order chi connectivity index (χ1) is 20.4. The highest BCUT2D eigenvalue weighted by molar-refractivity contribution is 7.21. The van der Waals surface area contributed by atoms with Gasteiger partial charge in [-0.15, -0.1) is 11.3 Å². The lowest BCUT2D eigenvalue weighted by molar-refractivity contribution is -0.00545. The van der Waals surface area contributed by atoms with E-state index in [0.29, 0.717) is 24.1 Å². The van der Waals surface area contributed by atoms with E-state index in [2.05, 4.69) is 54.9 Å². The molecule has 224 valence electrons. The highest BCUT2D eigenvalue weighted by Gasteiger charge is 2.24. The Morgan fingerprint density at radius 3 is 2.45 bits per heavy atom. The van der Waals surface area contributed by atoms with Crippen molar-refractivity contribution in [1.29, 1.82) is 0 Å². The second-order valence-corrected chi connectivity index (χ2v) is 11.5. The lowest BCUT2D eigenvalue weighted by Crippen LogP contribution is -2.47. The van der Waals surface area contributed by atoms with Crippen molar-refractivity contribution in [1.82, 2.24) is 29.8 Å². The maximum Gasteiger partial charge on any atom is 0.227 e. The van der Waals surface area contributed by atoms with E-state index in [0.717, 1.165) is 71.6 Å². The molecule has 2 aliphatic rings. The molecule has 6 heterocycles. The van der Waals surface area contributed by atoms with Crippen LogP contribution < -0.4 is 15.1 Å². The highest BCUT2D eigenvalue weighted by Crippen LogP contribution is 2.33. The van der Waals surface area contributed by atoms with Crippen LogP contribution in [0, 0.1) is 6.92 Å². The summed E-state index contributed by atoms with van der Waals surface area (Å²) in [7, 11) is 0. The summed E-state index contributed by atoms with van der Waals surface area (Å²) in [5, 5.41) is 13.5. The molecule has 0 saturated carbocycles. The molecule has 0 amide bonds. The third kappa shape index (κ3) is 7.12. The molecule has 2 saturated heterocycles. The number of fused-ring (bicyclic) bond motifs is 1. The van der Waals surface area contributed by atoms with Crippen molar-refractivity contribution in [3.05, 3.63) is 42.4 Å². The van der Waals surface area contributed by atoms with Gasteiger partial charge >= 0.3 is 0 Å². The molecule has 4 aromatic rings. The molecule has 0 bridgehead atoms. The molecule has 2 fully saturated rings. The van der Waals surface area contributed by atoms with Gasteiger partial charge in [-0.1, -0.05) is 13.8 Å². The van der Waals surface area contributed by atoms with Crippen LogP contribution >= 0.6 is 11.3 Å². The van der Waals surface area contributed by atoms with Gasteiger partial charge in [-0.05, 0) is 32.9 Å². The van der Waals surface area contributed by atoms with Gasteiger partial charge in [0.25, 0.3) is 0 Å². The van der Waals surface area contributed by atoms with Crippen LogP contribution in [0.5, 0.6) is 0 Å². The van der Waals surface area contributed by atoms with Crippen LogP contribution in [0.2, 0.25) is 0 Å². The Balaban J connectivity index is 0.00000173. The molecule has 2 unspecified atom stereocenters. The second-order valence-electron chi connectivity index (χ2n) is 10.5. The number of rotatable bonds is 7. The van der Waals surface area contributed by atoms with E-state index in [1.807, 2.05) is 51.4 Å². The lowest BCUT2D eigenvalue weighted by atomic mass is 10.2. The van der Waals surface area contributed by atoms with Gasteiger partial charge in [0.2, 0.25) is 5.95 Å². The number of pyridine rings is 2. The maximum absolute atomic E-state index is 9.21. The summed E-state index contributed by atoms with van der Waals surface area (Å²) in [6.07, 6.45) is 4.06. The number of aliphatic hydroxyl groups excluding tert-OH is 1. The predicted molar refractivity (Wildman–Crippen MR) is 170 cm³/mol. The number of anilines is 4. The molecule has 2 aliphatic heterocycles. The third-order valence-electron chi connectivity index (χ3n) is 7.18. The summed E-state index contributed by atoms with van der Waals surface area (Å²) in [6, 6.07) is 8.02. The van der Waals surface area contributed by atoms with Crippen LogP contribution in [0.15, 0.2) is 36.7 Å². The fourth-order valence-electron chi connectivity index (χ4n) is 5.32. The molecule has 11 nitrogen and oxygen atoms in total. The number of nitrogens with one attached hydrogen (secondary N) is 1. The van der Waals surface area contributed by atoms with Gasteiger partial charge in [0, 0.05) is 81.6 Å². The van der Waals surface area contributed by atoms with E-state index in [1.165, 1.54) is 0 Å². The van der Waals surface area contributed by atoms with Crippen molar-refractivity contribution in [2.24, 2.45) is 0 Å². The first-order valence-electron chi connectivity index (χ1n) is 14.8. The largest absolute Gasteiger partial charge is 0.395 e. The maximum atomic E-state index is 9.21. The molecule has 0 aromatic carbocycles. The minimum atomic E-state index is 0.172. The zero-order valence-corrected chi connectivity index (χ0v) is 25.9. The second kappa shape index (κ2) is 13.7. The molecule has 0 aliphatic carbocycles. The zero-order valence-electron chi connectivity index (χ0n) is 25.1. The molecule has 6 rings (SSSR count). The van der Waals surface area contributed by atoms with Crippen LogP contribution in [0.1, 0.15) is 33.4 Å².